The van der Waals surface area contributed by atoms with Gasteiger partial charge in [-0.05, 0) is 44.4 Å². The number of halogens is 1. The lowest BCUT2D eigenvalue weighted by molar-refractivity contribution is 0.521. The van der Waals surface area contributed by atoms with Crippen molar-refractivity contribution >= 4 is 5.69 Å². The van der Waals surface area contributed by atoms with Gasteiger partial charge in [-0.15, -0.1) is 0 Å². The van der Waals surface area contributed by atoms with E-state index in [1.165, 1.54) is 18.9 Å². The van der Waals surface area contributed by atoms with Crippen molar-refractivity contribution in [3.63, 3.8) is 0 Å². The van der Waals surface area contributed by atoms with Crippen LogP contribution in [0.25, 0.3) is 0 Å². The fraction of sp³-hybridized carbons (Fsp3) is 0.600. The second-order valence-electron chi connectivity index (χ2n) is 5.01. The molecule has 0 bridgehead atoms. The predicted molar refractivity (Wildman–Crippen MR) is 74.5 cm³/mol. The van der Waals surface area contributed by atoms with Gasteiger partial charge >= 0.3 is 0 Å². The molecule has 1 aromatic carbocycles. The molecule has 3 heteroatoms. The maximum absolute atomic E-state index is 13.3. The van der Waals surface area contributed by atoms with Gasteiger partial charge in [0.05, 0.1) is 0 Å². The molecule has 1 aromatic rings. The highest BCUT2D eigenvalue weighted by Crippen LogP contribution is 2.22. The molecule has 0 radical (unpaired) electrons. The summed E-state index contributed by atoms with van der Waals surface area (Å²) in [4.78, 5) is 2.29. The standard InChI is InChI=1S/C15H23FN2/c1-3-14(11-17-13-8-9-13)18(4-2)15-7-5-6-12(16)10-15/h5-7,10,13-14,17H,3-4,8-9,11H2,1-2H3. The number of nitrogens with one attached hydrogen (secondary N) is 1. The second kappa shape index (κ2) is 6.19. The summed E-state index contributed by atoms with van der Waals surface area (Å²) in [6.07, 6.45) is 3.69. The van der Waals surface area contributed by atoms with Gasteiger partial charge in [0, 0.05) is 30.9 Å². The highest BCUT2D eigenvalue weighted by Gasteiger charge is 2.23. The van der Waals surface area contributed by atoms with Crippen LogP contribution >= 0.6 is 0 Å². The van der Waals surface area contributed by atoms with Gasteiger partial charge in [-0.3, -0.25) is 0 Å². The number of hydrogen-bond donors (Lipinski definition) is 1. The minimum Gasteiger partial charge on any atom is -0.367 e. The van der Waals surface area contributed by atoms with E-state index in [1.807, 2.05) is 6.07 Å². The largest absolute Gasteiger partial charge is 0.367 e. The fourth-order valence-corrected chi connectivity index (χ4v) is 2.37. The Kier molecular flexibility index (Phi) is 4.59. The highest BCUT2D eigenvalue weighted by molar-refractivity contribution is 5.47. The van der Waals surface area contributed by atoms with Crippen molar-refractivity contribution in [2.45, 2.75) is 45.2 Å². The maximum Gasteiger partial charge on any atom is 0.125 e. The Labute approximate surface area is 109 Å². The van der Waals surface area contributed by atoms with Crippen molar-refractivity contribution in [2.24, 2.45) is 0 Å². The molecule has 1 aliphatic carbocycles. The van der Waals surface area contributed by atoms with Gasteiger partial charge in [0.2, 0.25) is 0 Å². The first-order valence-electron chi connectivity index (χ1n) is 7.00. The molecule has 1 N–H and O–H groups in total. The van der Waals surface area contributed by atoms with E-state index in [2.05, 4.69) is 24.1 Å². The zero-order valence-corrected chi connectivity index (χ0v) is 11.3. The third-order valence-corrected chi connectivity index (χ3v) is 3.61. The zero-order chi connectivity index (χ0) is 13.0. The van der Waals surface area contributed by atoms with Crippen molar-refractivity contribution in [2.75, 3.05) is 18.0 Å². The first kappa shape index (κ1) is 13.3. The van der Waals surface area contributed by atoms with E-state index in [-0.39, 0.29) is 5.82 Å². The maximum atomic E-state index is 13.3. The van der Waals surface area contributed by atoms with Crippen LogP contribution in [-0.4, -0.2) is 25.2 Å². The topological polar surface area (TPSA) is 15.3 Å². The quantitative estimate of drug-likeness (QED) is 0.799. The van der Waals surface area contributed by atoms with Gasteiger partial charge in [0.1, 0.15) is 5.82 Å². The van der Waals surface area contributed by atoms with E-state index >= 15 is 0 Å². The van der Waals surface area contributed by atoms with Crippen LogP contribution in [0.5, 0.6) is 0 Å². The summed E-state index contributed by atoms with van der Waals surface area (Å²) in [5.41, 5.74) is 0.988. The summed E-state index contributed by atoms with van der Waals surface area (Å²) in [6.45, 7) is 6.23. The number of hydrogen-bond acceptors (Lipinski definition) is 2. The Morgan fingerprint density at radius 3 is 2.72 bits per heavy atom. The van der Waals surface area contributed by atoms with Crippen molar-refractivity contribution in [3.05, 3.63) is 30.1 Å². The SMILES string of the molecule is CCC(CNC1CC1)N(CC)c1cccc(F)c1. The molecule has 100 valence electrons. The molecule has 1 fully saturated rings. The van der Waals surface area contributed by atoms with E-state index in [0.717, 1.165) is 31.2 Å². The van der Waals surface area contributed by atoms with Crippen LogP contribution in [-0.2, 0) is 0 Å². The fourth-order valence-electron chi connectivity index (χ4n) is 2.37. The van der Waals surface area contributed by atoms with Crippen LogP contribution in [0.3, 0.4) is 0 Å². The average Bonchev–Trinajstić information content (AvgIpc) is 3.18. The Balaban J connectivity index is 2.03. The lowest BCUT2D eigenvalue weighted by Gasteiger charge is -2.32. The molecular formula is C15H23FN2. The Bertz CT molecular complexity index is 377. The van der Waals surface area contributed by atoms with Crippen LogP contribution < -0.4 is 10.2 Å². The number of anilines is 1. The highest BCUT2D eigenvalue weighted by atomic mass is 19.1. The lowest BCUT2D eigenvalue weighted by atomic mass is 10.1. The van der Waals surface area contributed by atoms with Crippen molar-refractivity contribution in [1.82, 2.24) is 5.32 Å². The molecular weight excluding hydrogens is 227 g/mol. The molecule has 0 amide bonds. The van der Waals surface area contributed by atoms with Crippen LogP contribution in [0.4, 0.5) is 10.1 Å². The minimum absolute atomic E-state index is 0.157. The molecule has 1 unspecified atom stereocenters. The molecule has 1 saturated carbocycles. The van der Waals surface area contributed by atoms with Crippen molar-refractivity contribution < 1.29 is 4.39 Å². The molecule has 0 aromatic heterocycles. The normalized spacial score (nSPS) is 16.6. The molecule has 2 rings (SSSR count). The zero-order valence-electron chi connectivity index (χ0n) is 11.3. The first-order valence-corrected chi connectivity index (χ1v) is 7.00. The first-order chi connectivity index (χ1) is 8.74. The molecule has 0 spiro atoms. The summed E-state index contributed by atoms with van der Waals surface area (Å²) in [5.74, 6) is -0.157. The van der Waals surface area contributed by atoms with Crippen LogP contribution in [0, 0.1) is 5.82 Å². The Morgan fingerprint density at radius 1 is 1.39 bits per heavy atom. The van der Waals surface area contributed by atoms with Gasteiger partial charge in [0.15, 0.2) is 0 Å². The van der Waals surface area contributed by atoms with Gasteiger partial charge in [-0.1, -0.05) is 13.0 Å². The third kappa shape index (κ3) is 3.45. The van der Waals surface area contributed by atoms with Crippen molar-refractivity contribution in [1.29, 1.82) is 0 Å². The van der Waals surface area contributed by atoms with Crippen LogP contribution in [0.1, 0.15) is 33.1 Å². The molecule has 1 atom stereocenters. The average molecular weight is 250 g/mol. The smallest absolute Gasteiger partial charge is 0.125 e. The van der Waals surface area contributed by atoms with E-state index in [0.29, 0.717) is 6.04 Å². The van der Waals surface area contributed by atoms with Gasteiger partial charge < -0.3 is 10.2 Å². The number of rotatable bonds is 7. The summed E-state index contributed by atoms with van der Waals surface area (Å²) < 4.78 is 13.3. The number of benzene rings is 1. The summed E-state index contributed by atoms with van der Waals surface area (Å²) >= 11 is 0. The van der Waals surface area contributed by atoms with E-state index in [9.17, 15) is 4.39 Å². The minimum atomic E-state index is -0.157. The summed E-state index contributed by atoms with van der Waals surface area (Å²) in [7, 11) is 0. The molecule has 0 heterocycles. The Morgan fingerprint density at radius 2 is 2.17 bits per heavy atom. The van der Waals surface area contributed by atoms with Gasteiger partial charge in [-0.25, -0.2) is 4.39 Å². The van der Waals surface area contributed by atoms with E-state index in [1.54, 1.807) is 12.1 Å². The van der Waals surface area contributed by atoms with Crippen molar-refractivity contribution in [3.8, 4) is 0 Å². The molecule has 18 heavy (non-hydrogen) atoms. The summed E-state index contributed by atoms with van der Waals surface area (Å²) in [5, 5.41) is 3.57. The predicted octanol–water partition coefficient (Wildman–Crippen LogP) is 3.18. The molecule has 0 aliphatic heterocycles. The van der Waals surface area contributed by atoms with Crippen LogP contribution in [0.2, 0.25) is 0 Å². The number of likely N-dealkylation sites (N-methyl/N-ethyl adjacent to an activating group) is 1. The van der Waals surface area contributed by atoms with Gasteiger partial charge in [-0.2, -0.15) is 0 Å². The van der Waals surface area contributed by atoms with Gasteiger partial charge in [0.25, 0.3) is 0 Å². The lowest BCUT2D eigenvalue weighted by Crippen LogP contribution is -2.42. The Hall–Kier alpha value is -1.09. The van der Waals surface area contributed by atoms with Crippen LogP contribution in [0.15, 0.2) is 24.3 Å². The molecule has 1 aliphatic rings. The van der Waals surface area contributed by atoms with E-state index < -0.39 is 0 Å². The molecule has 2 nitrogen and oxygen atoms in total. The second-order valence-corrected chi connectivity index (χ2v) is 5.01. The number of nitrogens with zero attached hydrogens (tertiary/aromatic N) is 1. The molecule has 0 saturated heterocycles. The monoisotopic (exact) mass is 250 g/mol. The third-order valence-electron chi connectivity index (χ3n) is 3.61. The summed E-state index contributed by atoms with van der Waals surface area (Å²) in [6, 6.07) is 8.08. The van der Waals surface area contributed by atoms with E-state index in [4.69, 9.17) is 0 Å².